The lowest BCUT2D eigenvalue weighted by atomic mass is 10.1. The molecule has 0 amide bonds. The van der Waals surface area contributed by atoms with Gasteiger partial charge in [0.2, 0.25) is 0 Å². The van der Waals surface area contributed by atoms with E-state index in [-0.39, 0.29) is 19.8 Å². The summed E-state index contributed by atoms with van der Waals surface area (Å²) in [7, 11) is 1.52. The first-order chi connectivity index (χ1) is 7.69. The maximum absolute atomic E-state index is 9.45. The van der Waals surface area contributed by atoms with Crippen LogP contribution in [-0.4, -0.2) is 36.6 Å². The second-order valence-corrected chi connectivity index (χ2v) is 3.64. The molecule has 16 heavy (non-hydrogen) atoms. The molecule has 0 saturated heterocycles. The van der Waals surface area contributed by atoms with Crippen LogP contribution in [-0.2, 0) is 11.3 Å². The van der Waals surface area contributed by atoms with Crippen LogP contribution in [0.2, 0.25) is 0 Å². The number of benzene rings is 1. The van der Waals surface area contributed by atoms with E-state index < -0.39 is 6.10 Å². The van der Waals surface area contributed by atoms with Gasteiger partial charge in [0, 0.05) is 12.7 Å². The van der Waals surface area contributed by atoms with E-state index in [9.17, 15) is 5.11 Å². The zero-order valence-corrected chi connectivity index (χ0v) is 9.64. The third kappa shape index (κ3) is 3.48. The van der Waals surface area contributed by atoms with Crippen LogP contribution >= 0.6 is 0 Å². The summed E-state index contributed by atoms with van der Waals surface area (Å²) in [5.41, 5.74) is 1.67. The van der Waals surface area contributed by atoms with E-state index in [2.05, 4.69) is 0 Å². The standard InChI is InChI=1S/C12H18O4/c1-9-4-3-5-10(6-13)12(9)16-8-11(14)7-15-2/h3-5,11,13-14H,6-8H2,1-2H3. The predicted molar refractivity (Wildman–Crippen MR) is 60.5 cm³/mol. The first-order valence-electron chi connectivity index (χ1n) is 5.18. The minimum Gasteiger partial charge on any atom is -0.490 e. The molecule has 0 heterocycles. The van der Waals surface area contributed by atoms with Gasteiger partial charge >= 0.3 is 0 Å². The van der Waals surface area contributed by atoms with Gasteiger partial charge < -0.3 is 19.7 Å². The van der Waals surface area contributed by atoms with Gasteiger partial charge in [-0.15, -0.1) is 0 Å². The van der Waals surface area contributed by atoms with Gasteiger partial charge in [0.1, 0.15) is 18.5 Å². The van der Waals surface area contributed by atoms with Crippen LogP contribution in [0, 0.1) is 6.92 Å². The number of ether oxygens (including phenoxy) is 2. The lowest BCUT2D eigenvalue weighted by molar-refractivity contribution is 0.0318. The molecule has 0 radical (unpaired) electrons. The maximum Gasteiger partial charge on any atom is 0.127 e. The molecule has 0 aromatic heterocycles. The number of hydrogen-bond acceptors (Lipinski definition) is 4. The molecule has 1 atom stereocenters. The van der Waals surface area contributed by atoms with Gasteiger partial charge in [-0.25, -0.2) is 0 Å². The summed E-state index contributed by atoms with van der Waals surface area (Å²) in [5.74, 6) is 0.639. The van der Waals surface area contributed by atoms with Crippen LogP contribution in [0.1, 0.15) is 11.1 Å². The molecular weight excluding hydrogens is 208 g/mol. The van der Waals surface area contributed by atoms with E-state index >= 15 is 0 Å². The molecular formula is C12H18O4. The molecule has 0 aliphatic carbocycles. The summed E-state index contributed by atoms with van der Waals surface area (Å²) in [5, 5.41) is 18.6. The van der Waals surface area contributed by atoms with Crippen molar-refractivity contribution in [1.82, 2.24) is 0 Å². The fourth-order valence-corrected chi connectivity index (χ4v) is 1.46. The van der Waals surface area contributed by atoms with Crippen molar-refractivity contribution in [3.05, 3.63) is 29.3 Å². The number of para-hydroxylation sites is 1. The highest BCUT2D eigenvalue weighted by molar-refractivity contribution is 5.40. The van der Waals surface area contributed by atoms with E-state index in [1.54, 1.807) is 6.07 Å². The molecule has 0 bridgehead atoms. The zero-order valence-electron chi connectivity index (χ0n) is 9.64. The van der Waals surface area contributed by atoms with Crippen LogP contribution in [0.15, 0.2) is 18.2 Å². The zero-order chi connectivity index (χ0) is 12.0. The summed E-state index contributed by atoms with van der Waals surface area (Å²) < 4.78 is 10.3. The lowest BCUT2D eigenvalue weighted by Gasteiger charge is -2.15. The van der Waals surface area contributed by atoms with Crippen LogP contribution < -0.4 is 4.74 Å². The highest BCUT2D eigenvalue weighted by Crippen LogP contribution is 2.23. The fraction of sp³-hybridized carbons (Fsp3) is 0.500. The number of aryl methyl sites for hydroxylation is 1. The number of rotatable bonds is 6. The highest BCUT2D eigenvalue weighted by Gasteiger charge is 2.09. The van der Waals surface area contributed by atoms with Crippen molar-refractivity contribution >= 4 is 0 Å². The van der Waals surface area contributed by atoms with Crippen molar-refractivity contribution < 1.29 is 19.7 Å². The average molecular weight is 226 g/mol. The Labute approximate surface area is 95.4 Å². The summed E-state index contributed by atoms with van der Waals surface area (Å²) in [6.45, 7) is 2.22. The molecule has 1 aromatic carbocycles. The molecule has 1 aromatic rings. The second kappa shape index (κ2) is 6.48. The number of hydrogen-bond donors (Lipinski definition) is 2. The lowest BCUT2D eigenvalue weighted by Crippen LogP contribution is -2.23. The Morgan fingerprint density at radius 1 is 1.31 bits per heavy atom. The minimum atomic E-state index is -0.656. The molecule has 1 rings (SSSR count). The molecule has 0 fully saturated rings. The number of aliphatic hydroxyl groups excluding tert-OH is 2. The summed E-state index contributed by atoms with van der Waals surface area (Å²) in [4.78, 5) is 0. The van der Waals surface area contributed by atoms with Crippen molar-refractivity contribution in [3.8, 4) is 5.75 Å². The third-order valence-electron chi connectivity index (χ3n) is 2.24. The van der Waals surface area contributed by atoms with Gasteiger partial charge in [0.15, 0.2) is 0 Å². The summed E-state index contributed by atoms with van der Waals surface area (Å²) >= 11 is 0. The molecule has 0 saturated carbocycles. The van der Waals surface area contributed by atoms with Gasteiger partial charge in [0.25, 0.3) is 0 Å². The topological polar surface area (TPSA) is 58.9 Å². The van der Waals surface area contributed by atoms with E-state index in [4.69, 9.17) is 14.6 Å². The van der Waals surface area contributed by atoms with Crippen LogP contribution in [0.4, 0.5) is 0 Å². The summed E-state index contributed by atoms with van der Waals surface area (Å²) in [6.07, 6.45) is -0.656. The Hall–Kier alpha value is -1.10. The smallest absolute Gasteiger partial charge is 0.127 e. The van der Waals surface area contributed by atoms with E-state index in [1.807, 2.05) is 19.1 Å². The Balaban J connectivity index is 2.65. The fourth-order valence-electron chi connectivity index (χ4n) is 1.46. The van der Waals surface area contributed by atoms with Crippen molar-refractivity contribution in [1.29, 1.82) is 0 Å². The van der Waals surface area contributed by atoms with E-state index in [0.717, 1.165) is 11.1 Å². The molecule has 4 nitrogen and oxygen atoms in total. The number of methoxy groups -OCH3 is 1. The van der Waals surface area contributed by atoms with Gasteiger partial charge in [0.05, 0.1) is 13.2 Å². The Kier molecular flexibility index (Phi) is 5.25. The molecule has 90 valence electrons. The Bertz CT molecular complexity index is 325. The van der Waals surface area contributed by atoms with Crippen molar-refractivity contribution in [2.24, 2.45) is 0 Å². The molecule has 1 unspecified atom stereocenters. The van der Waals surface area contributed by atoms with Crippen LogP contribution in [0.3, 0.4) is 0 Å². The molecule has 4 heteroatoms. The van der Waals surface area contributed by atoms with E-state index in [0.29, 0.717) is 5.75 Å². The molecule has 2 N–H and O–H groups in total. The van der Waals surface area contributed by atoms with Gasteiger partial charge in [-0.2, -0.15) is 0 Å². The van der Waals surface area contributed by atoms with Gasteiger partial charge in [-0.3, -0.25) is 0 Å². The third-order valence-corrected chi connectivity index (χ3v) is 2.24. The predicted octanol–water partition coefficient (Wildman–Crippen LogP) is 0.873. The molecule has 0 spiro atoms. The van der Waals surface area contributed by atoms with Gasteiger partial charge in [-0.1, -0.05) is 18.2 Å². The quantitative estimate of drug-likeness (QED) is 0.755. The Morgan fingerprint density at radius 2 is 2.06 bits per heavy atom. The first kappa shape index (κ1) is 13.0. The van der Waals surface area contributed by atoms with Crippen molar-refractivity contribution in [2.45, 2.75) is 19.6 Å². The van der Waals surface area contributed by atoms with Crippen LogP contribution in [0.25, 0.3) is 0 Å². The average Bonchev–Trinajstić information content (AvgIpc) is 2.27. The molecule has 0 aliphatic rings. The molecule has 0 aliphatic heterocycles. The largest absolute Gasteiger partial charge is 0.490 e. The Morgan fingerprint density at radius 3 is 2.69 bits per heavy atom. The van der Waals surface area contributed by atoms with Gasteiger partial charge in [-0.05, 0) is 12.5 Å². The first-order valence-corrected chi connectivity index (χ1v) is 5.18. The highest BCUT2D eigenvalue weighted by atomic mass is 16.5. The second-order valence-electron chi connectivity index (χ2n) is 3.64. The van der Waals surface area contributed by atoms with E-state index in [1.165, 1.54) is 7.11 Å². The maximum atomic E-state index is 9.45. The van der Waals surface area contributed by atoms with Crippen molar-refractivity contribution in [3.63, 3.8) is 0 Å². The minimum absolute atomic E-state index is 0.0720. The normalized spacial score (nSPS) is 12.5. The van der Waals surface area contributed by atoms with Crippen molar-refractivity contribution in [2.75, 3.05) is 20.3 Å². The van der Waals surface area contributed by atoms with Crippen LogP contribution in [0.5, 0.6) is 5.75 Å². The monoisotopic (exact) mass is 226 g/mol. The summed E-state index contributed by atoms with van der Waals surface area (Å²) in [6, 6.07) is 5.56. The SMILES string of the molecule is COCC(O)COc1c(C)cccc1CO. The number of aliphatic hydroxyl groups is 2.